The number of amides is 3. The van der Waals surface area contributed by atoms with Crippen molar-refractivity contribution in [1.29, 1.82) is 0 Å². The van der Waals surface area contributed by atoms with E-state index >= 15 is 0 Å². The number of carbonyl (C=O) groups excluding carboxylic acids is 3. The fourth-order valence-corrected chi connectivity index (χ4v) is 3.74. The minimum Gasteiger partial charge on any atom is -0.383 e. The molecule has 0 aliphatic rings. The van der Waals surface area contributed by atoms with Crippen molar-refractivity contribution in [2.75, 3.05) is 26.2 Å². The van der Waals surface area contributed by atoms with Crippen LogP contribution in [0.5, 0.6) is 0 Å². The van der Waals surface area contributed by atoms with Gasteiger partial charge in [-0.15, -0.1) is 0 Å². The molecule has 9 N–H and O–H groups in total. The number of aryl methyl sites for hydroxylation is 1. The number of hydrogen-bond acceptors (Lipinski definition) is 6. The molecule has 218 valence electrons. The predicted octanol–water partition coefficient (Wildman–Crippen LogP) is 0.657. The Kier molecular flexibility index (Phi) is 12.2. The highest BCUT2D eigenvalue weighted by Gasteiger charge is 2.32. The smallest absolute Gasteiger partial charge is 0.383 e. The first-order chi connectivity index (χ1) is 18.8. The molecule has 2 unspecified atom stereocenters. The number of carbonyl (C=O) groups is 3. The van der Waals surface area contributed by atoms with Gasteiger partial charge in [0, 0.05) is 31.7 Å². The lowest BCUT2D eigenvalue weighted by Gasteiger charge is -2.23. The summed E-state index contributed by atoms with van der Waals surface area (Å²) in [5.74, 6) is -4.18. The van der Waals surface area contributed by atoms with Crippen molar-refractivity contribution in [1.82, 2.24) is 10.2 Å². The van der Waals surface area contributed by atoms with Crippen molar-refractivity contribution in [2.45, 2.75) is 37.5 Å². The first kappa shape index (κ1) is 32.3. The van der Waals surface area contributed by atoms with Gasteiger partial charge in [-0.1, -0.05) is 30.3 Å². The fraction of sp³-hybridized carbons (Fsp3) is 0.385. The SMILES string of the molecule is NCCN(CCN)C(=O)CC(N)C(=O)NC(CCc1ccccc1)C(=O)N=C(N)c1cc(F)cc(C(F)(F)F)c1. The Hall–Kier alpha value is -3.88. The van der Waals surface area contributed by atoms with E-state index in [2.05, 4.69) is 10.3 Å². The number of nitrogens with one attached hydrogen (secondary N) is 1. The molecule has 0 spiro atoms. The second-order valence-electron chi connectivity index (χ2n) is 8.92. The zero-order valence-electron chi connectivity index (χ0n) is 21.7. The van der Waals surface area contributed by atoms with Crippen LogP contribution in [0.1, 0.15) is 29.5 Å². The maximum Gasteiger partial charge on any atom is 0.416 e. The van der Waals surface area contributed by atoms with E-state index in [0.717, 1.165) is 5.56 Å². The van der Waals surface area contributed by atoms with Gasteiger partial charge in [-0.25, -0.2) is 4.39 Å². The van der Waals surface area contributed by atoms with Crippen LogP contribution in [0.15, 0.2) is 53.5 Å². The van der Waals surface area contributed by atoms with Crippen molar-refractivity contribution >= 4 is 23.6 Å². The van der Waals surface area contributed by atoms with Crippen molar-refractivity contribution in [3.63, 3.8) is 0 Å². The molecule has 2 rings (SSSR count). The number of alkyl halides is 3. The van der Waals surface area contributed by atoms with Gasteiger partial charge in [-0.3, -0.25) is 14.4 Å². The molecule has 40 heavy (non-hydrogen) atoms. The van der Waals surface area contributed by atoms with Gasteiger partial charge in [0.05, 0.1) is 18.0 Å². The molecule has 2 aromatic carbocycles. The average Bonchev–Trinajstić information content (AvgIpc) is 2.90. The van der Waals surface area contributed by atoms with Crippen LogP contribution in [0.4, 0.5) is 17.6 Å². The lowest BCUT2D eigenvalue weighted by Crippen LogP contribution is -2.50. The zero-order chi connectivity index (χ0) is 29.9. The van der Waals surface area contributed by atoms with E-state index in [1.54, 1.807) is 30.3 Å². The van der Waals surface area contributed by atoms with E-state index in [-0.39, 0.29) is 45.1 Å². The van der Waals surface area contributed by atoms with Crippen LogP contribution >= 0.6 is 0 Å². The second kappa shape index (κ2) is 15.1. The maximum absolute atomic E-state index is 13.8. The van der Waals surface area contributed by atoms with Crippen molar-refractivity contribution in [3.8, 4) is 0 Å². The number of nitrogens with two attached hydrogens (primary N) is 4. The van der Waals surface area contributed by atoms with Crippen LogP contribution in [0, 0.1) is 5.82 Å². The van der Waals surface area contributed by atoms with Gasteiger partial charge in [-0.2, -0.15) is 18.2 Å². The van der Waals surface area contributed by atoms with E-state index in [9.17, 15) is 31.9 Å². The second-order valence-corrected chi connectivity index (χ2v) is 8.92. The highest BCUT2D eigenvalue weighted by Crippen LogP contribution is 2.30. The molecule has 2 atom stereocenters. The Morgan fingerprint density at radius 1 is 1.00 bits per heavy atom. The van der Waals surface area contributed by atoms with E-state index in [1.807, 2.05) is 0 Å². The van der Waals surface area contributed by atoms with Gasteiger partial charge in [0.1, 0.15) is 17.7 Å². The van der Waals surface area contributed by atoms with Crippen LogP contribution in [0.25, 0.3) is 0 Å². The largest absolute Gasteiger partial charge is 0.416 e. The number of amidine groups is 1. The summed E-state index contributed by atoms with van der Waals surface area (Å²) in [4.78, 5) is 43.4. The lowest BCUT2D eigenvalue weighted by molar-refractivity contribution is -0.137. The Labute approximate surface area is 228 Å². The van der Waals surface area contributed by atoms with Gasteiger partial charge in [-0.05, 0) is 36.6 Å². The topological polar surface area (TPSA) is 183 Å². The molecule has 0 radical (unpaired) electrons. The number of rotatable bonds is 13. The van der Waals surface area contributed by atoms with E-state index in [0.29, 0.717) is 18.6 Å². The predicted molar refractivity (Wildman–Crippen MR) is 141 cm³/mol. The van der Waals surface area contributed by atoms with Crippen molar-refractivity contribution < 1.29 is 31.9 Å². The average molecular weight is 568 g/mol. The van der Waals surface area contributed by atoms with Crippen molar-refractivity contribution in [2.24, 2.45) is 27.9 Å². The van der Waals surface area contributed by atoms with Crippen LogP contribution in [0.2, 0.25) is 0 Å². The first-order valence-electron chi connectivity index (χ1n) is 12.4. The summed E-state index contributed by atoms with van der Waals surface area (Å²) in [6.45, 7) is 0.788. The Bertz CT molecular complexity index is 1190. The van der Waals surface area contributed by atoms with Gasteiger partial charge >= 0.3 is 6.18 Å². The molecule has 0 bridgehead atoms. The van der Waals surface area contributed by atoms with Crippen LogP contribution in [-0.2, 0) is 27.0 Å². The van der Waals surface area contributed by atoms with E-state index in [1.165, 1.54) is 4.90 Å². The zero-order valence-corrected chi connectivity index (χ0v) is 21.7. The van der Waals surface area contributed by atoms with Gasteiger partial charge in [0.15, 0.2) is 0 Å². The molecule has 0 aliphatic carbocycles. The molecular weight excluding hydrogens is 534 g/mol. The summed E-state index contributed by atoms with van der Waals surface area (Å²) in [5.41, 5.74) is 21.7. The normalized spacial score (nSPS) is 13.4. The molecular formula is C26H33F4N7O3. The molecule has 0 aromatic heterocycles. The summed E-state index contributed by atoms with van der Waals surface area (Å²) in [6.07, 6.45) is -4.92. The lowest BCUT2D eigenvalue weighted by atomic mass is 10.0. The minimum absolute atomic E-state index is 0.0233. The number of halogens is 4. The summed E-state index contributed by atoms with van der Waals surface area (Å²) in [6, 6.07) is 7.84. The molecule has 0 fully saturated rings. The summed E-state index contributed by atoms with van der Waals surface area (Å²) in [5, 5.41) is 2.45. The molecule has 10 nitrogen and oxygen atoms in total. The van der Waals surface area contributed by atoms with Gasteiger partial charge in [0.2, 0.25) is 11.8 Å². The van der Waals surface area contributed by atoms with Gasteiger partial charge in [0.25, 0.3) is 5.91 Å². The third kappa shape index (κ3) is 10.0. The Morgan fingerprint density at radius 2 is 1.62 bits per heavy atom. The van der Waals surface area contributed by atoms with Crippen LogP contribution in [0.3, 0.4) is 0 Å². The molecule has 3 amide bonds. The molecule has 0 saturated carbocycles. The monoisotopic (exact) mass is 567 g/mol. The fourth-order valence-electron chi connectivity index (χ4n) is 3.74. The number of aliphatic imine (C=N–C) groups is 1. The molecule has 0 heterocycles. The summed E-state index contributed by atoms with van der Waals surface area (Å²) >= 11 is 0. The third-order valence-corrected chi connectivity index (χ3v) is 5.81. The number of nitrogens with zero attached hydrogens (tertiary/aromatic N) is 2. The Balaban J connectivity index is 2.25. The van der Waals surface area contributed by atoms with E-state index in [4.69, 9.17) is 22.9 Å². The highest BCUT2D eigenvalue weighted by molar-refractivity contribution is 6.06. The summed E-state index contributed by atoms with van der Waals surface area (Å²) < 4.78 is 53.1. The van der Waals surface area contributed by atoms with Gasteiger partial charge < -0.3 is 33.2 Å². The molecule has 2 aromatic rings. The molecule has 0 aliphatic heterocycles. The Morgan fingerprint density at radius 3 is 2.20 bits per heavy atom. The maximum atomic E-state index is 13.8. The van der Waals surface area contributed by atoms with Crippen molar-refractivity contribution in [3.05, 3.63) is 71.0 Å². The number of hydrogen-bond donors (Lipinski definition) is 5. The molecule has 14 heteroatoms. The summed E-state index contributed by atoms with van der Waals surface area (Å²) in [7, 11) is 0. The first-order valence-corrected chi connectivity index (χ1v) is 12.4. The van der Waals surface area contributed by atoms with Crippen LogP contribution < -0.4 is 28.3 Å². The standard InChI is InChI=1S/C26H33F4N7O3/c27-19-13-17(12-18(14-19)26(28,29)30)23(34)36-25(40)21(7-6-16-4-2-1-3-5-16)35-24(39)20(33)15-22(38)37(10-8-31)11-9-32/h1-5,12-14,20-21H,6-11,15,31-33H2,(H,35,39)(H2,34,36,40). The highest BCUT2D eigenvalue weighted by atomic mass is 19.4. The number of benzene rings is 2. The molecule has 0 saturated heterocycles. The quantitative estimate of drug-likeness (QED) is 0.134. The minimum atomic E-state index is -4.86. The van der Waals surface area contributed by atoms with E-state index < -0.39 is 58.8 Å². The third-order valence-electron chi connectivity index (χ3n) is 5.81. The van der Waals surface area contributed by atoms with Crippen LogP contribution in [-0.4, -0.2) is 66.7 Å².